The Balaban J connectivity index is 2.75. The van der Waals surface area contributed by atoms with Crippen LogP contribution in [0.3, 0.4) is 0 Å². The molecule has 0 radical (unpaired) electrons. The van der Waals surface area contributed by atoms with Gasteiger partial charge in [-0.05, 0) is 13.0 Å². The van der Waals surface area contributed by atoms with E-state index >= 15 is 0 Å². The Kier molecular flexibility index (Phi) is 5.58. The van der Waals surface area contributed by atoms with Gasteiger partial charge in [0.25, 0.3) is 11.6 Å². The zero-order chi connectivity index (χ0) is 15.8. The highest BCUT2D eigenvalue weighted by Crippen LogP contribution is 2.21. The Morgan fingerprint density at radius 3 is 2.81 bits per heavy atom. The molecule has 0 bridgehead atoms. The summed E-state index contributed by atoms with van der Waals surface area (Å²) in [5.74, 6) is -1.32. The summed E-state index contributed by atoms with van der Waals surface area (Å²) in [6.45, 7) is 1.10. The van der Waals surface area contributed by atoms with Crippen molar-refractivity contribution < 1.29 is 19.2 Å². The number of nitrogens with zero attached hydrogens (tertiary/aromatic N) is 2. The van der Waals surface area contributed by atoms with E-state index in [2.05, 4.69) is 10.1 Å². The van der Waals surface area contributed by atoms with Crippen LogP contribution < -0.4 is 5.32 Å². The fraction of sp³-hybridized carbons (Fsp3) is 0.154. The number of anilines is 1. The number of amides is 1. The van der Waals surface area contributed by atoms with E-state index in [1.54, 1.807) is 13.0 Å². The molecule has 0 aliphatic heterocycles. The lowest BCUT2D eigenvalue weighted by Crippen LogP contribution is -2.20. The second kappa shape index (κ2) is 7.40. The molecule has 8 nitrogen and oxygen atoms in total. The number of nitro benzene ring substituents is 1. The van der Waals surface area contributed by atoms with Crippen molar-refractivity contribution in [3.8, 4) is 6.07 Å². The first-order chi connectivity index (χ1) is 9.97. The smallest absolute Gasteiger partial charge is 0.330 e. The van der Waals surface area contributed by atoms with Crippen LogP contribution in [0.1, 0.15) is 12.5 Å². The lowest BCUT2D eigenvalue weighted by molar-refractivity contribution is -0.384. The molecule has 0 saturated carbocycles. The van der Waals surface area contributed by atoms with Crippen molar-refractivity contribution >= 4 is 23.3 Å². The van der Waals surface area contributed by atoms with Gasteiger partial charge < -0.3 is 10.1 Å². The van der Waals surface area contributed by atoms with E-state index < -0.39 is 23.4 Å². The molecular weight excluding hydrogens is 278 g/mol. The molecule has 0 fully saturated rings. The van der Waals surface area contributed by atoms with Gasteiger partial charge >= 0.3 is 5.97 Å². The number of carbonyl (C=O) groups excluding carboxylic acids is 2. The van der Waals surface area contributed by atoms with E-state index in [1.165, 1.54) is 12.1 Å². The first-order valence-corrected chi connectivity index (χ1v) is 5.75. The van der Waals surface area contributed by atoms with Gasteiger partial charge in [0, 0.05) is 18.2 Å². The molecule has 0 unspecified atom stereocenters. The number of nitro groups is 1. The van der Waals surface area contributed by atoms with Gasteiger partial charge in [0.2, 0.25) is 0 Å². The van der Waals surface area contributed by atoms with Gasteiger partial charge in [-0.25, -0.2) is 4.79 Å². The maximum atomic E-state index is 11.6. The van der Waals surface area contributed by atoms with Gasteiger partial charge in [0.05, 0.1) is 16.2 Å². The molecule has 1 amide bonds. The Labute approximate surface area is 119 Å². The summed E-state index contributed by atoms with van der Waals surface area (Å²) < 4.78 is 4.62. The van der Waals surface area contributed by atoms with Crippen LogP contribution in [0, 0.1) is 21.4 Å². The first kappa shape index (κ1) is 15.8. The van der Waals surface area contributed by atoms with E-state index in [0.29, 0.717) is 0 Å². The van der Waals surface area contributed by atoms with Crippen molar-refractivity contribution in [2.75, 3.05) is 11.9 Å². The Morgan fingerprint density at radius 2 is 2.24 bits per heavy atom. The fourth-order valence-electron chi connectivity index (χ4n) is 1.35. The number of ether oxygens (including phenoxy) is 1. The van der Waals surface area contributed by atoms with Crippen LogP contribution in [0.25, 0.3) is 0 Å². The minimum absolute atomic E-state index is 0.0580. The molecule has 108 valence electrons. The topological polar surface area (TPSA) is 122 Å². The van der Waals surface area contributed by atoms with Crippen molar-refractivity contribution in [3.63, 3.8) is 0 Å². The van der Waals surface area contributed by atoms with Crippen molar-refractivity contribution in [3.05, 3.63) is 46.0 Å². The summed E-state index contributed by atoms with van der Waals surface area (Å²) in [6.07, 6.45) is 2.62. The molecule has 8 heteroatoms. The first-order valence-electron chi connectivity index (χ1n) is 5.75. The predicted molar refractivity (Wildman–Crippen MR) is 72.2 cm³/mol. The minimum Gasteiger partial charge on any atom is -0.452 e. The lowest BCUT2D eigenvalue weighted by Gasteiger charge is -2.06. The number of rotatable bonds is 5. The Hall–Kier alpha value is -3.21. The number of nitriles is 1. The highest BCUT2D eigenvalue weighted by atomic mass is 16.6. The molecule has 0 heterocycles. The summed E-state index contributed by atoms with van der Waals surface area (Å²) in [7, 11) is 0. The number of nitrogens with one attached hydrogen (secondary N) is 1. The summed E-state index contributed by atoms with van der Waals surface area (Å²) in [5.41, 5.74) is -0.212. The van der Waals surface area contributed by atoms with Gasteiger partial charge in [0.1, 0.15) is 6.07 Å². The largest absolute Gasteiger partial charge is 0.452 e. The number of allylic oxidation sites excluding steroid dienone is 1. The molecule has 1 rings (SSSR count). The van der Waals surface area contributed by atoms with Crippen molar-refractivity contribution in [2.24, 2.45) is 0 Å². The van der Waals surface area contributed by atoms with Gasteiger partial charge in [-0.1, -0.05) is 6.08 Å². The van der Waals surface area contributed by atoms with Gasteiger partial charge in [-0.2, -0.15) is 5.26 Å². The molecule has 1 aromatic rings. The van der Waals surface area contributed by atoms with Gasteiger partial charge in [0.15, 0.2) is 6.61 Å². The van der Waals surface area contributed by atoms with Crippen molar-refractivity contribution in [1.82, 2.24) is 0 Å². The Morgan fingerprint density at radius 1 is 1.52 bits per heavy atom. The second-order valence-electron chi connectivity index (χ2n) is 3.75. The fourth-order valence-corrected chi connectivity index (χ4v) is 1.35. The second-order valence-corrected chi connectivity index (χ2v) is 3.75. The maximum absolute atomic E-state index is 11.6. The van der Waals surface area contributed by atoms with Gasteiger partial charge in [-0.3, -0.25) is 14.9 Å². The van der Waals surface area contributed by atoms with E-state index in [1.807, 2.05) is 0 Å². The maximum Gasteiger partial charge on any atom is 0.330 e. The standard InChI is InChI=1S/C13H11N3O5/c1-2-3-13(18)21-8-12(17)15-11-5-4-10(16(19)20)6-9(11)7-14/h2-6H,8H2,1H3,(H,15,17)/b3-2+. The third-order valence-corrected chi connectivity index (χ3v) is 2.26. The predicted octanol–water partition coefficient (Wildman–Crippen LogP) is 1.52. The molecular formula is C13H11N3O5. The third kappa shape index (κ3) is 4.76. The average molecular weight is 289 g/mol. The van der Waals surface area contributed by atoms with E-state index in [4.69, 9.17) is 5.26 Å². The van der Waals surface area contributed by atoms with E-state index in [-0.39, 0.29) is 16.9 Å². The SMILES string of the molecule is C/C=C/C(=O)OCC(=O)Nc1ccc([N+](=O)[O-])cc1C#N. The normalized spacial score (nSPS) is 9.90. The number of non-ortho nitro benzene ring substituents is 1. The summed E-state index contributed by atoms with van der Waals surface area (Å²) in [6, 6.07) is 5.18. The van der Waals surface area contributed by atoms with Crippen LogP contribution in [0.2, 0.25) is 0 Å². The minimum atomic E-state index is -0.670. The molecule has 0 aliphatic rings. The van der Waals surface area contributed by atoms with Crippen LogP contribution in [0.5, 0.6) is 0 Å². The highest BCUT2D eigenvalue weighted by Gasteiger charge is 2.13. The molecule has 1 N–H and O–H groups in total. The number of benzene rings is 1. The van der Waals surface area contributed by atoms with Crippen LogP contribution in [0.15, 0.2) is 30.4 Å². The Bertz CT molecular complexity index is 646. The molecule has 0 spiro atoms. The quantitative estimate of drug-likeness (QED) is 0.379. The number of esters is 1. The molecule has 0 saturated heterocycles. The molecule has 1 aromatic carbocycles. The van der Waals surface area contributed by atoms with Gasteiger partial charge in [-0.15, -0.1) is 0 Å². The highest BCUT2D eigenvalue weighted by molar-refractivity contribution is 5.95. The molecule has 0 aromatic heterocycles. The van der Waals surface area contributed by atoms with Crippen LogP contribution in [0.4, 0.5) is 11.4 Å². The summed E-state index contributed by atoms with van der Waals surface area (Å²) in [5, 5.41) is 21.8. The van der Waals surface area contributed by atoms with Crippen LogP contribution in [-0.4, -0.2) is 23.4 Å². The van der Waals surface area contributed by atoms with Crippen molar-refractivity contribution in [2.45, 2.75) is 6.92 Å². The molecule has 21 heavy (non-hydrogen) atoms. The molecule has 0 atom stereocenters. The zero-order valence-electron chi connectivity index (χ0n) is 11.0. The third-order valence-electron chi connectivity index (χ3n) is 2.26. The lowest BCUT2D eigenvalue weighted by atomic mass is 10.1. The average Bonchev–Trinajstić information content (AvgIpc) is 2.45. The van der Waals surface area contributed by atoms with E-state index in [9.17, 15) is 19.7 Å². The zero-order valence-corrected chi connectivity index (χ0v) is 11.0. The van der Waals surface area contributed by atoms with E-state index in [0.717, 1.165) is 18.2 Å². The molecule has 0 aliphatic carbocycles. The van der Waals surface area contributed by atoms with Crippen molar-refractivity contribution in [1.29, 1.82) is 5.26 Å². The number of hydrogen-bond donors (Lipinski definition) is 1. The summed E-state index contributed by atoms with van der Waals surface area (Å²) >= 11 is 0. The number of hydrogen-bond acceptors (Lipinski definition) is 6. The summed E-state index contributed by atoms with van der Waals surface area (Å²) in [4.78, 5) is 32.5. The monoisotopic (exact) mass is 289 g/mol. The van der Waals surface area contributed by atoms with Crippen LogP contribution in [-0.2, 0) is 14.3 Å². The van der Waals surface area contributed by atoms with Crippen LogP contribution >= 0.6 is 0 Å². The number of carbonyl (C=O) groups is 2.